The summed E-state index contributed by atoms with van der Waals surface area (Å²) in [5.74, 6) is -0.692. The molecule has 1 aliphatic carbocycles. The first kappa shape index (κ1) is 12.9. The number of rotatable bonds is 3. The van der Waals surface area contributed by atoms with Crippen molar-refractivity contribution in [3.63, 3.8) is 0 Å². The van der Waals surface area contributed by atoms with Gasteiger partial charge in [-0.2, -0.15) is 0 Å². The molecular weight excluding hydrogens is 233 g/mol. The molecule has 1 fully saturated rings. The third kappa shape index (κ3) is 2.81. The van der Waals surface area contributed by atoms with Crippen molar-refractivity contribution >= 4 is 5.91 Å². The molecule has 1 unspecified atom stereocenters. The van der Waals surface area contributed by atoms with Crippen LogP contribution in [0.25, 0.3) is 0 Å². The van der Waals surface area contributed by atoms with Gasteiger partial charge in [0, 0.05) is 12.1 Å². The van der Waals surface area contributed by atoms with E-state index in [0.29, 0.717) is 5.92 Å². The van der Waals surface area contributed by atoms with Gasteiger partial charge < -0.3 is 10.4 Å². The first-order chi connectivity index (χ1) is 8.58. The minimum Gasteiger partial charge on any atom is -0.507 e. The second-order valence-corrected chi connectivity index (χ2v) is 4.97. The third-order valence-corrected chi connectivity index (χ3v) is 3.67. The van der Waals surface area contributed by atoms with E-state index < -0.39 is 5.82 Å². The molecule has 0 heterocycles. The highest BCUT2D eigenvalue weighted by Crippen LogP contribution is 2.28. The molecule has 2 rings (SSSR count). The minimum atomic E-state index is -0.548. The van der Waals surface area contributed by atoms with Crippen LogP contribution in [0.2, 0.25) is 0 Å². The van der Waals surface area contributed by atoms with E-state index in [1.54, 1.807) is 0 Å². The lowest BCUT2D eigenvalue weighted by molar-refractivity contribution is 0.0924. The van der Waals surface area contributed by atoms with E-state index in [-0.39, 0.29) is 23.3 Å². The van der Waals surface area contributed by atoms with Gasteiger partial charge in [-0.15, -0.1) is 0 Å². The zero-order chi connectivity index (χ0) is 13.1. The van der Waals surface area contributed by atoms with Crippen LogP contribution in [-0.4, -0.2) is 17.1 Å². The molecule has 0 aromatic heterocycles. The van der Waals surface area contributed by atoms with Gasteiger partial charge in [-0.05, 0) is 37.8 Å². The van der Waals surface area contributed by atoms with Gasteiger partial charge in [-0.25, -0.2) is 4.39 Å². The zero-order valence-electron chi connectivity index (χ0n) is 10.4. The maximum Gasteiger partial charge on any atom is 0.255 e. The van der Waals surface area contributed by atoms with Crippen LogP contribution in [0.4, 0.5) is 4.39 Å². The van der Waals surface area contributed by atoms with Gasteiger partial charge in [0.25, 0.3) is 5.91 Å². The Morgan fingerprint density at radius 2 is 2.11 bits per heavy atom. The summed E-state index contributed by atoms with van der Waals surface area (Å²) in [4.78, 5) is 12.0. The average Bonchev–Trinajstić information content (AvgIpc) is 2.81. The van der Waals surface area contributed by atoms with Crippen LogP contribution < -0.4 is 5.32 Å². The molecule has 4 heteroatoms. The van der Waals surface area contributed by atoms with Crippen molar-refractivity contribution in [2.24, 2.45) is 5.92 Å². The van der Waals surface area contributed by atoms with Gasteiger partial charge >= 0.3 is 0 Å². The van der Waals surface area contributed by atoms with Gasteiger partial charge in [0.1, 0.15) is 11.6 Å². The molecule has 0 bridgehead atoms. The van der Waals surface area contributed by atoms with Crippen LogP contribution in [-0.2, 0) is 0 Å². The largest absolute Gasteiger partial charge is 0.507 e. The predicted octanol–water partition coefficient (Wildman–Crippen LogP) is 2.84. The van der Waals surface area contributed by atoms with Crippen molar-refractivity contribution in [1.29, 1.82) is 0 Å². The van der Waals surface area contributed by atoms with Crippen LogP contribution in [0.15, 0.2) is 18.2 Å². The van der Waals surface area contributed by atoms with Crippen LogP contribution >= 0.6 is 0 Å². The Labute approximate surface area is 106 Å². The summed E-state index contributed by atoms with van der Waals surface area (Å²) < 4.78 is 12.8. The van der Waals surface area contributed by atoms with Crippen LogP contribution in [0, 0.1) is 11.7 Å². The van der Waals surface area contributed by atoms with Gasteiger partial charge in [0.15, 0.2) is 0 Å². The lowest BCUT2D eigenvalue weighted by Crippen LogP contribution is -2.37. The van der Waals surface area contributed by atoms with Crippen LogP contribution in [0.5, 0.6) is 5.75 Å². The van der Waals surface area contributed by atoms with E-state index in [1.807, 2.05) is 6.92 Å². The predicted molar refractivity (Wildman–Crippen MR) is 67.0 cm³/mol. The second kappa shape index (κ2) is 5.38. The number of carbonyl (C=O) groups excluding carboxylic acids is 1. The Balaban J connectivity index is 2.02. The molecule has 2 N–H and O–H groups in total. The lowest BCUT2D eigenvalue weighted by atomic mass is 9.99. The first-order valence-electron chi connectivity index (χ1n) is 6.37. The Morgan fingerprint density at radius 1 is 1.44 bits per heavy atom. The fraction of sp³-hybridized carbons (Fsp3) is 0.500. The van der Waals surface area contributed by atoms with Gasteiger partial charge in [-0.1, -0.05) is 12.8 Å². The number of nitrogens with one attached hydrogen (secondary N) is 1. The molecule has 18 heavy (non-hydrogen) atoms. The number of benzene rings is 1. The Kier molecular flexibility index (Phi) is 3.84. The lowest BCUT2D eigenvalue weighted by Gasteiger charge is -2.20. The van der Waals surface area contributed by atoms with Crippen molar-refractivity contribution in [3.05, 3.63) is 29.6 Å². The van der Waals surface area contributed by atoms with Crippen LogP contribution in [0.1, 0.15) is 43.0 Å². The smallest absolute Gasteiger partial charge is 0.255 e. The molecule has 1 amide bonds. The third-order valence-electron chi connectivity index (χ3n) is 3.67. The maximum absolute atomic E-state index is 12.8. The molecule has 0 saturated heterocycles. The topological polar surface area (TPSA) is 49.3 Å². The zero-order valence-corrected chi connectivity index (χ0v) is 10.4. The highest BCUT2D eigenvalue weighted by atomic mass is 19.1. The quantitative estimate of drug-likeness (QED) is 0.867. The summed E-state index contributed by atoms with van der Waals surface area (Å²) in [5, 5.41) is 12.4. The summed E-state index contributed by atoms with van der Waals surface area (Å²) in [6, 6.07) is 3.52. The van der Waals surface area contributed by atoms with Gasteiger partial charge in [-0.3, -0.25) is 4.79 Å². The van der Waals surface area contributed by atoms with Gasteiger partial charge in [0.05, 0.1) is 5.56 Å². The molecule has 1 saturated carbocycles. The highest BCUT2D eigenvalue weighted by Gasteiger charge is 2.23. The number of phenols is 1. The van der Waals surface area contributed by atoms with Crippen molar-refractivity contribution in [2.45, 2.75) is 38.6 Å². The van der Waals surface area contributed by atoms with E-state index in [1.165, 1.54) is 25.0 Å². The second-order valence-electron chi connectivity index (χ2n) is 4.97. The number of aromatic hydroxyl groups is 1. The standard InChI is InChI=1S/C14H18FNO2/c1-9(10-4-2-3-5-10)16-14(18)12-7-6-11(15)8-13(12)17/h6-10,17H,2-5H2,1H3,(H,16,18). The SMILES string of the molecule is CC(NC(=O)c1ccc(F)cc1O)C1CCCC1. The van der Waals surface area contributed by atoms with Crippen molar-refractivity contribution in [2.75, 3.05) is 0 Å². The monoisotopic (exact) mass is 251 g/mol. The fourth-order valence-electron chi connectivity index (χ4n) is 2.56. The molecule has 98 valence electrons. The Hall–Kier alpha value is -1.58. The van der Waals surface area contributed by atoms with E-state index in [2.05, 4.69) is 5.32 Å². The minimum absolute atomic E-state index is 0.0875. The summed E-state index contributed by atoms with van der Waals surface area (Å²) >= 11 is 0. The van der Waals surface area contributed by atoms with Gasteiger partial charge in [0.2, 0.25) is 0 Å². The van der Waals surface area contributed by atoms with Crippen molar-refractivity contribution in [3.8, 4) is 5.75 Å². The highest BCUT2D eigenvalue weighted by molar-refractivity contribution is 5.96. The van der Waals surface area contributed by atoms with E-state index >= 15 is 0 Å². The molecule has 1 aromatic carbocycles. The fourth-order valence-corrected chi connectivity index (χ4v) is 2.56. The van der Waals surface area contributed by atoms with E-state index in [9.17, 15) is 14.3 Å². The normalized spacial score (nSPS) is 17.7. The summed E-state index contributed by atoms with van der Waals surface area (Å²) in [6.07, 6.45) is 4.70. The number of amides is 1. The number of hydrogen-bond acceptors (Lipinski definition) is 2. The summed E-state index contributed by atoms with van der Waals surface area (Å²) in [5.41, 5.74) is 0.126. The Morgan fingerprint density at radius 3 is 2.72 bits per heavy atom. The molecule has 1 aliphatic rings. The van der Waals surface area contributed by atoms with Crippen molar-refractivity contribution in [1.82, 2.24) is 5.32 Å². The van der Waals surface area contributed by atoms with Crippen molar-refractivity contribution < 1.29 is 14.3 Å². The van der Waals surface area contributed by atoms with E-state index in [0.717, 1.165) is 18.9 Å². The molecule has 1 aromatic rings. The molecule has 1 atom stereocenters. The molecule has 0 spiro atoms. The van der Waals surface area contributed by atoms with Crippen LogP contribution in [0.3, 0.4) is 0 Å². The maximum atomic E-state index is 12.8. The summed E-state index contributed by atoms with van der Waals surface area (Å²) in [7, 11) is 0. The number of halogens is 1. The number of hydrogen-bond donors (Lipinski definition) is 2. The molecule has 0 aliphatic heterocycles. The number of phenolic OH excluding ortho intramolecular Hbond substituents is 1. The molecular formula is C14H18FNO2. The Bertz CT molecular complexity index is 441. The first-order valence-corrected chi connectivity index (χ1v) is 6.37. The molecule has 0 radical (unpaired) electrons. The molecule has 3 nitrogen and oxygen atoms in total. The average molecular weight is 251 g/mol. The summed E-state index contributed by atoms with van der Waals surface area (Å²) in [6.45, 7) is 1.98. The van der Waals surface area contributed by atoms with E-state index in [4.69, 9.17) is 0 Å². The number of carbonyl (C=O) groups is 1.